The Balaban J connectivity index is 2.44. The molecule has 1 saturated carbocycles. The van der Waals surface area contributed by atoms with Crippen molar-refractivity contribution >= 4 is 15.9 Å². The van der Waals surface area contributed by atoms with E-state index in [1.807, 2.05) is 12.1 Å². The molecule has 1 aliphatic carbocycles. The summed E-state index contributed by atoms with van der Waals surface area (Å²) < 4.78 is 6.37. The first-order valence-corrected chi connectivity index (χ1v) is 5.01. The zero-order valence-electron chi connectivity index (χ0n) is 7.38. The first-order chi connectivity index (χ1) is 6.18. The van der Waals surface area contributed by atoms with E-state index in [0.717, 1.165) is 22.9 Å². The molecule has 1 aromatic rings. The van der Waals surface area contributed by atoms with E-state index in [4.69, 9.17) is 4.74 Å². The molecule has 0 amide bonds. The third-order valence-corrected chi connectivity index (χ3v) is 3.04. The van der Waals surface area contributed by atoms with Gasteiger partial charge in [-0.3, -0.25) is 0 Å². The molecular weight excluding hydrogens is 232 g/mol. The molecule has 1 fully saturated rings. The minimum absolute atomic E-state index is 0.214. The molecule has 0 saturated heterocycles. The fourth-order valence-corrected chi connectivity index (χ4v) is 1.93. The highest BCUT2D eigenvalue weighted by molar-refractivity contribution is 9.10. The Bertz CT molecular complexity index is 332. The van der Waals surface area contributed by atoms with Gasteiger partial charge >= 0.3 is 0 Å². The summed E-state index contributed by atoms with van der Waals surface area (Å²) in [5, 5.41) is 9.64. The lowest BCUT2D eigenvalue weighted by Gasteiger charge is -2.15. The van der Waals surface area contributed by atoms with Crippen LogP contribution in [-0.2, 0) is 10.3 Å². The second-order valence-electron chi connectivity index (χ2n) is 3.36. The van der Waals surface area contributed by atoms with Crippen LogP contribution >= 0.6 is 15.9 Å². The normalized spacial score (nSPS) is 18.6. The van der Waals surface area contributed by atoms with Gasteiger partial charge in [0.15, 0.2) is 0 Å². The minimum Gasteiger partial charge on any atom is -0.508 e. The van der Waals surface area contributed by atoms with Crippen molar-refractivity contribution in [2.75, 3.05) is 7.11 Å². The van der Waals surface area contributed by atoms with Crippen LogP contribution in [0.25, 0.3) is 0 Å². The Labute approximate surface area is 85.7 Å². The van der Waals surface area contributed by atoms with Crippen molar-refractivity contribution < 1.29 is 9.84 Å². The van der Waals surface area contributed by atoms with Gasteiger partial charge in [0, 0.05) is 17.1 Å². The van der Waals surface area contributed by atoms with Gasteiger partial charge in [-0.2, -0.15) is 0 Å². The molecule has 0 aliphatic heterocycles. The van der Waals surface area contributed by atoms with Crippen molar-refractivity contribution in [2.45, 2.75) is 18.4 Å². The molecule has 1 aromatic carbocycles. The lowest BCUT2D eigenvalue weighted by Crippen LogP contribution is -2.08. The average molecular weight is 243 g/mol. The van der Waals surface area contributed by atoms with Crippen LogP contribution in [0.4, 0.5) is 0 Å². The van der Waals surface area contributed by atoms with Gasteiger partial charge in [0.2, 0.25) is 0 Å². The topological polar surface area (TPSA) is 29.5 Å². The van der Waals surface area contributed by atoms with Crippen LogP contribution in [0.2, 0.25) is 0 Å². The van der Waals surface area contributed by atoms with Gasteiger partial charge in [0.1, 0.15) is 5.75 Å². The summed E-state index contributed by atoms with van der Waals surface area (Å²) in [6.07, 6.45) is 1.99. The molecule has 1 N–H and O–H groups in total. The van der Waals surface area contributed by atoms with Crippen LogP contribution in [0.5, 0.6) is 5.75 Å². The molecule has 0 radical (unpaired) electrons. The number of phenolic OH excluding ortho intramolecular Hbond substituents is 1. The third-order valence-electron chi connectivity index (χ3n) is 2.54. The molecule has 2 rings (SSSR count). The van der Waals surface area contributed by atoms with Gasteiger partial charge in [-0.15, -0.1) is 0 Å². The van der Waals surface area contributed by atoms with E-state index in [1.165, 1.54) is 0 Å². The first-order valence-electron chi connectivity index (χ1n) is 4.22. The lowest BCUT2D eigenvalue weighted by atomic mass is 10.1. The molecule has 0 heterocycles. The van der Waals surface area contributed by atoms with E-state index in [1.54, 1.807) is 13.2 Å². The molecule has 0 bridgehead atoms. The second kappa shape index (κ2) is 3.00. The summed E-state index contributed by atoms with van der Waals surface area (Å²) in [5.41, 5.74) is 0.679. The number of phenols is 1. The Kier molecular flexibility index (Phi) is 2.08. The maximum Gasteiger partial charge on any atom is 0.121 e. The first kappa shape index (κ1) is 9.03. The van der Waals surface area contributed by atoms with E-state index in [2.05, 4.69) is 15.9 Å². The quantitative estimate of drug-likeness (QED) is 0.865. The number of ether oxygens (including phenoxy) is 1. The number of benzene rings is 1. The van der Waals surface area contributed by atoms with Gasteiger partial charge in [0.25, 0.3) is 0 Å². The van der Waals surface area contributed by atoms with Crippen LogP contribution in [0, 0.1) is 0 Å². The van der Waals surface area contributed by atoms with Crippen molar-refractivity contribution in [3.8, 4) is 5.75 Å². The lowest BCUT2D eigenvalue weighted by molar-refractivity contribution is 0.0766. The molecule has 13 heavy (non-hydrogen) atoms. The fourth-order valence-electron chi connectivity index (χ4n) is 1.57. The highest BCUT2D eigenvalue weighted by atomic mass is 79.9. The highest BCUT2D eigenvalue weighted by Crippen LogP contribution is 2.51. The van der Waals surface area contributed by atoms with Crippen molar-refractivity contribution in [1.82, 2.24) is 0 Å². The van der Waals surface area contributed by atoms with Crippen LogP contribution in [0.3, 0.4) is 0 Å². The van der Waals surface area contributed by atoms with Crippen LogP contribution < -0.4 is 0 Å². The summed E-state index contributed by atoms with van der Waals surface area (Å²) in [6.45, 7) is 0. The molecule has 0 atom stereocenters. The van der Waals surface area contributed by atoms with Gasteiger partial charge in [-0.1, -0.05) is 15.9 Å². The molecule has 3 heteroatoms. The van der Waals surface area contributed by atoms with E-state index < -0.39 is 0 Å². The van der Waals surface area contributed by atoms with Crippen LogP contribution in [0.15, 0.2) is 22.7 Å². The van der Waals surface area contributed by atoms with Crippen molar-refractivity contribution in [3.63, 3.8) is 0 Å². The Morgan fingerprint density at radius 3 is 2.69 bits per heavy atom. The predicted molar refractivity (Wildman–Crippen MR) is 53.7 cm³/mol. The predicted octanol–water partition coefficient (Wildman–Crippen LogP) is 2.79. The van der Waals surface area contributed by atoms with E-state index in [0.29, 0.717) is 5.75 Å². The van der Waals surface area contributed by atoms with Gasteiger partial charge in [0.05, 0.1) is 5.60 Å². The van der Waals surface area contributed by atoms with Crippen LogP contribution in [0.1, 0.15) is 18.4 Å². The second-order valence-corrected chi connectivity index (χ2v) is 4.28. The summed E-state index contributed by atoms with van der Waals surface area (Å²) >= 11 is 3.38. The number of hydrogen-bond donors (Lipinski definition) is 1. The van der Waals surface area contributed by atoms with Gasteiger partial charge in [-0.05, 0) is 31.0 Å². The number of hydrogen-bond acceptors (Lipinski definition) is 2. The maximum absolute atomic E-state index is 9.64. The molecular formula is C10H11BrO2. The fraction of sp³-hybridized carbons (Fsp3) is 0.400. The molecule has 0 aromatic heterocycles. The molecule has 70 valence electrons. The highest BCUT2D eigenvalue weighted by Gasteiger charge is 2.46. The van der Waals surface area contributed by atoms with Crippen molar-refractivity contribution in [2.24, 2.45) is 0 Å². The summed E-state index contributed by atoms with van der Waals surface area (Å²) in [4.78, 5) is 0. The summed E-state index contributed by atoms with van der Waals surface area (Å²) in [5.74, 6) is 0.322. The van der Waals surface area contributed by atoms with E-state index in [-0.39, 0.29) is 5.60 Å². The largest absolute Gasteiger partial charge is 0.508 e. The van der Waals surface area contributed by atoms with Gasteiger partial charge in [-0.25, -0.2) is 0 Å². The van der Waals surface area contributed by atoms with Crippen molar-refractivity contribution in [3.05, 3.63) is 28.2 Å². The zero-order chi connectivity index (χ0) is 9.47. The minimum atomic E-state index is -0.214. The monoisotopic (exact) mass is 242 g/mol. The van der Waals surface area contributed by atoms with E-state index >= 15 is 0 Å². The van der Waals surface area contributed by atoms with E-state index in [9.17, 15) is 5.11 Å². The number of halogens is 1. The average Bonchev–Trinajstić information content (AvgIpc) is 2.90. The third kappa shape index (κ3) is 1.46. The SMILES string of the molecule is COC1(c2cc(Br)ccc2O)CC1. The van der Waals surface area contributed by atoms with Crippen molar-refractivity contribution in [1.29, 1.82) is 0 Å². The number of methoxy groups -OCH3 is 1. The molecule has 1 aliphatic rings. The maximum atomic E-state index is 9.64. The Morgan fingerprint density at radius 2 is 2.15 bits per heavy atom. The molecule has 0 spiro atoms. The molecule has 2 nitrogen and oxygen atoms in total. The van der Waals surface area contributed by atoms with Crippen LogP contribution in [-0.4, -0.2) is 12.2 Å². The zero-order valence-corrected chi connectivity index (χ0v) is 8.97. The standard InChI is InChI=1S/C10H11BrO2/c1-13-10(4-5-10)8-6-7(11)2-3-9(8)12/h2-3,6,12H,4-5H2,1H3. The summed E-state index contributed by atoms with van der Waals surface area (Å²) in [7, 11) is 1.69. The smallest absolute Gasteiger partial charge is 0.121 e. The number of aromatic hydroxyl groups is 1. The summed E-state index contributed by atoms with van der Waals surface area (Å²) in [6, 6.07) is 5.44. The van der Waals surface area contributed by atoms with Gasteiger partial charge < -0.3 is 9.84 Å². The Hall–Kier alpha value is -0.540. The number of rotatable bonds is 2. The molecule has 0 unspecified atom stereocenters. The Morgan fingerprint density at radius 1 is 1.46 bits per heavy atom.